The van der Waals surface area contributed by atoms with E-state index in [2.05, 4.69) is 29.8 Å². The lowest BCUT2D eigenvalue weighted by molar-refractivity contribution is 0.100. The number of benzene rings is 1. The van der Waals surface area contributed by atoms with Crippen LogP contribution in [0.25, 0.3) is 0 Å². The number of hydrogen-bond acceptors (Lipinski definition) is 4. The molecule has 20 heavy (non-hydrogen) atoms. The van der Waals surface area contributed by atoms with E-state index in [0.29, 0.717) is 11.6 Å². The molecule has 1 heterocycles. The molecule has 108 valence electrons. The fraction of sp³-hybridized carbons (Fsp3) is 0.562. The summed E-state index contributed by atoms with van der Waals surface area (Å²) < 4.78 is 5.70. The topological polar surface area (TPSA) is 39.5 Å². The second-order valence-electron chi connectivity index (χ2n) is 5.47. The maximum Gasteiger partial charge on any atom is 0.119 e. The quantitative estimate of drug-likeness (QED) is 0.769. The van der Waals surface area contributed by atoms with Crippen LogP contribution in [-0.4, -0.2) is 55.7 Å². The van der Waals surface area contributed by atoms with Gasteiger partial charge in [-0.2, -0.15) is 5.26 Å². The molecule has 0 N–H and O–H groups in total. The first-order chi connectivity index (χ1) is 9.69. The second kappa shape index (κ2) is 7.28. The minimum atomic E-state index is 0.642. The van der Waals surface area contributed by atoms with E-state index in [-0.39, 0.29) is 0 Å². The van der Waals surface area contributed by atoms with Crippen LogP contribution in [0.15, 0.2) is 24.3 Å². The van der Waals surface area contributed by atoms with Gasteiger partial charge in [0.15, 0.2) is 0 Å². The van der Waals surface area contributed by atoms with Gasteiger partial charge in [0.1, 0.15) is 5.75 Å². The van der Waals surface area contributed by atoms with Crippen LogP contribution in [0.5, 0.6) is 5.75 Å². The predicted octanol–water partition coefficient (Wildman–Crippen LogP) is 1.96. The summed E-state index contributed by atoms with van der Waals surface area (Å²) in [5, 5.41) is 8.73. The van der Waals surface area contributed by atoms with Crippen molar-refractivity contribution in [2.75, 3.05) is 39.8 Å². The minimum Gasteiger partial charge on any atom is -0.494 e. The number of ether oxygens (including phenoxy) is 1. The van der Waals surface area contributed by atoms with Crippen LogP contribution in [-0.2, 0) is 0 Å². The summed E-state index contributed by atoms with van der Waals surface area (Å²) in [4.78, 5) is 4.91. The van der Waals surface area contributed by atoms with Gasteiger partial charge in [0.05, 0.1) is 18.2 Å². The zero-order valence-electron chi connectivity index (χ0n) is 12.4. The Balaban J connectivity index is 1.65. The van der Waals surface area contributed by atoms with Crippen LogP contribution in [0.1, 0.15) is 18.9 Å². The molecule has 1 aliphatic heterocycles. The van der Waals surface area contributed by atoms with Crippen molar-refractivity contribution in [1.82, 2.24) is 9.80 Å². The molecule has 1 saturated heterocycles. The molecular formula is C16H23N3O. The Morgan fingerprint density at radius 1 is 1.30 bits per heavy atom. The Bertz CT molecular complexity index is 452. The first-order valence-corrected chi connectivity index (χ1v) is 7.24. The van der Waals surface area contributed by atoms with Gasteiger partial charge in [-0.25, -0.2) is 0 Å². The third-order valence-electron chi connectivity index (χ3n) is 3.91. The van der Waals surface area contributed by atoms with Crippen LogP contribution in [0.4, 0.5) is 0 Å². The van der Waals surface area contributed by atoms with Crippen LogP contribution < -0.4 is 4.74 Å². The van der Waals surface area contributed by atoms with Crippen molar-refractivity contribution in [1.29, 1.82) is 5.26 Å². The molecule has 1 fully saturated rings. The minimum absolute atomic E-state index is 0.642. The summed E-state index contributed by atoms with van der Waals surface area (Å²) in [6.07, 6.45) is 1.04. The standard InChI is InChI=1S/C16H23N3O/c1-14-13-19(10-9-18(14)2)8-3-11-20-16-6-4-15(12-17)5-7-16/h4-7,14H,3,8-11,13H2,1-2H3. The molecule has 0 radical (unpaired) electrons. The second-order valence-corrected chi connectivity index (χ2v) is 5.47. The fourth-order valence-corrected chi connectivity index (χ4v) is 2.43. The van der Waals surface area contributed by atoms with Crippen LogP contribution >= 0.6 is 0 Å². The normalized spacial score (nSPS) is 20.6. The number of likely N-dealkylation sites (N-methyl/N-ethyl adjacent to an activating group) is 1. The Morgan fingerprint density at radius 2 is 2.05 bits per heavy atom. The molecule has 0 saturated carbocycles. The Kier molecular flexibility index (Phi) is 5.40. The highest BCUT2D eigenvalue weighted by Gasteiger charge is 2.19. The van der Waals surface area contributed by atoms with Crippen LogP contribution in [0.3, 0.4) is 0 Å². The maximum atomic E-state index is 8.73. The number of rotatable bonds is 5. The van der Waals surface area contributed by atoms with E-state index in [1.807, 2.05) is 12.1 Å². The van der Waals surface area contributed by atoms with Gasteiger partial charge in [-0.15, -0.1) is 0 Å². The summed E-state index contributed by atoms with van der Waals surface area (Å²) >= 11 is 0. The molecule has 1 aromatic rings. The molecular weight excluding hydrogens is 250 g/mol. The van der Waals surface area contributed by atoms with Crippen LogP contribution in [0.2, 0.25) is 0 Å². The van der Waals surface area contributed by atoms with E-state index in [1.165, 1.54) is 0 Å². The SMILES string of the molecule is CC1CN(CCCOc2ccc(C#N)cc2)CCN1C. The molecule has 1 atom stereocenters. The smallest absolute Gasteiger partial charge is 0.119 e. The van der Waals surface area contributed by atoms with Crippen LogP contribution in [0, 0.1) is 11.3 Å². The predicted molar refractivity (Wildman–Crippen MR) is 79.8 cm³/mol. The van der Waals surface area contributed by atoms with E-state index in [0.717, 1.165) is 45.0 Å². The lowest BCUT2D eigenvalue weighted by atomic mass is 10.2. The number of nitriles is 1. The molecule has 0 bridgehead atoms. The monoisotopic (exact) mass is 273 g/mol. The highest BCUT2D eigenvalue weighted by atomic mass is 16.5. The van der Waals surface area contributed by atoms with E-state index in [1.54, 1.807) is 12.1 Å². The Morgan fingerprint density at radius 3 is 2.70 bits per heavy atom. The van der Waals surface area contributed by atoms with Gasteiger partial charge < -0.3 is 14.5 Å². The Hall–Kier alpha value is -1.57. The summed E-state index contributed by atoms with van der Waals surface area (Å²) in [5.74, 6) is 0.843. The van der Waals surface area contributed by atoms with Crippen molar-refractivity contribution in [2.45, 2.75) is 19.4 Å². The van der Waals surface area contributed by atoms with Gasteiger partial charge >= 0.3 is 0 Å². The number of hydrogen-bond donors (Lipinski definition) is 0. The molecule has 0 spiro atoms. The largest absolute Gasteiger partial charge is 0.494 e. The van der Waals surface area contributed by atoms with E-state index < -0.39 is 0 Å². The van der Waals surface area contributed by atoms with Crippen molar-refractivity contribution >= 4 is 0 Å². The molecule has 0 amide bonds. The highest BCUT2D eigenvalue weighted by molar-refractivity contribution is 5.34. The van der Waals surface area contributed by atoms with Gasteiger partial charge in [-0.05, 0) is 44.7 Å². The third kappa shape index (κ3) is 4.22. The van der Waals surface area contributed by atoms with Gasteiger partial charge in [-0.3, -0.25) is 0 Å². The van der Waals surface area contributed by atoms with Gasteiger partial charge in [-0.1, -0.05) is 0 Å². The zero-order chi connectivity index (χ0) is 14.4. The molecule has 4 heteroatoms. The lowest BCUT2D eigenvalue weighted by Gasteiger charge is -2.37. The number of nitrogens with zero attached hydrogens (tertiary/aromatic N) is 3. The van der Waals surface area contributed by atoms with Crippen molar-refractivity contribution in [3.63, 3.8) is 0 Å². The molecule has 4 nitrogen and oxygen atoms in total. The fourth-order valence-electron chi connectivity index (χ4n) is 2.43. The van der Waals surface area contributed by atoms with E-state index in [9.17, 15) is 0 Å². The summed E-state index contributed by atoms with van der Waals surface area (Å²) in [5.41, 5.74) is 0.670. The van der Waals surface area contributed by atoms with Gasteiger partial charge in [0.25, 0.3) is 0 Å². The molecule has 1 unspecified atom stereocenters. The van der Waals surface area contributed by atoms with Crippen molar-refractivity contribution in [3.8, 4) is 11.8 Å². The summed E-state index contributed by atoms with van der Waals surface area (Å²) in [6, 6.07) is 10.0. The lowest BCUT2D eigenvalue weighted by Crippen LogP contribution is -2.50. The highest BCUT2D eigenvalue weighted by Crippen LogP contribution is 2.12. The van der Waals surface area contributed by atoms with Gasteiger partial charge in [0, 0.05) is 32.2 Å². The molecule has 2 rings (SSSR count). The average molecular weight is 273 g/mol. The van der Waals surface area contributed by atoms with Crippen molar-refractivity contribution < 1.29 is 4.74 Å². The van der Waals surface area contributed by atoms with E-state index in [4.69, 9.17) is 10.00 Å². The van der Waals surface area contributed by atoms with E-state index >= 15 is 0 Å². The van der Waals surface area contributed by atoms with Gasteiger partial charge in [0.2, 0.25) is 0 Å². The molecule has 1 aromatic carbocycles. The Labute approximate surface area is 121 Å². The first-order valence-electron chi connectivity index (χ1n) is 7.24. The average Bonchev–Trinajstić information content (AvgIpc) is 2.48. The number of piperazine rings is 1. The van der Waals surface area contributed by atoms with Crippen molar-refractivity contribution in [2.24, 2.45) is 0 Å². The maximum absolute atomic E-state index is 8.73. The summed E-state index contributed by atoms with van der Waals surface area (Å²) in [7, 11) is 2.19. The van der Waals surface area contributed by atoms with Crippen molar-refractivity contribution in [3.05, 3.63) is 29.8 Å². The summed E-state index contributed by atoms with van der Waals surface area (Å²) in [6.45, 7) is 7.54. The third-order valence-corrected chi connectivity index (χ3v) is 3.91. The first kappa shape index (κ1) is 14.8. The molecule has 1 aliphatic rings. The molecule has 0 aromatic heterocycles. The zero-order valence-corrected chi connectivity index (χ0v) is 12.4. The molecule has 0 aliphatic carbocycles.